The molecule has 0 fully saturated rings. The van der Waals surface area contributed by atoms with E-state index in [4.69, 9.17) is 18.9 Å². The second kappa shape index (κ2) is 12.7. The van der Waals surface area contributed by atoms with Gasteiger partial charge in [0.2, 0.25) is 0 Å². The fourth-order valence-electron chi connectivity index (χ4n) is 3.47. The van der Waals surface area contributed by atoms with E-state index in [0.29, 0.717) is 52.8 Å². The van der Waals surface area contributed by atoms with Crippen LogP contribution in [0.3, 0.4) is 0 Å². The van der Waals surface area contributed by atoms with Gasteiger partial charge in [-0.1, -0.05) is 64.5 Å². The van der Waals surface area contributed by atoms with Crippen molar-refractivity contribution in [1.29, 1.82) is 0 Å². The molecular weight excluding hydrogens is 450 g/mol. The van der Waals surface area contributed by atoms with Gasteiger partial charge in [0, 0.05) is 17.8 Å². The number of amides is 1. The molecule has 2 aromatic carbocycles. The molecule has 0 radical (unpaired) electrons. The van der Waals surface area contributed by atoms with Gasteiger partial charge in [0.05, 0.1) is 39.6 Å². The van der Waals surface area contributed by atoms with Crippen molar-refractivity contribution in [2.75, 3.05) is 58.1 Å². The fraction of sp³-hybridized carbons (Fsp3) is 0.435. The van der Waals surface area contributed by atoms with Crippen molar-refractivity contribution in [2.45, 2.75) is 5.92 Å². The highest BCUT2D eigenvalue weighted by atomic mass is 79.9. The first-order valence-corrected chi connectivity index (χ1v) is 11.3. The lowest BCUT2D eigenvalue weighted by molar-refractivity contribution is 0.0180. The minimum absolute atomic E-state index is 0.0649. The van der Waals surface area contributed by atoms with E-state index in [1.807, 2.05) is 24.3 Å². The zero-order valence-corrected chi connectivity index (χ0v) is 18.6. The van der Waals surface area contributed by atoms with E-state index in [1.54, 1.807) is 0 Å². The van der Waals surface area contributed by atoms with Crippen LogP contribution in [0.15, 0.2) is 48.5 Å². The van der Waals surface area contributed by atoms with Gasteiger partial charge in [-0.05, 0) is 22.3 Å². The summed E-state index contributed by atoms with van der Waals surface area (Å²) in [5.41, 5.74) is 4.83. The topological polar surface area (TPSA) is 66.0 Å². The van der Waals surface area contributed by atoms with Crippen molar-refractivity contribution in [2.24, 2.45) is 0 Å². The van der Waals surface area contributed by atoms with Crippen molar-refractivity contribution < 1.29 is 23.7 Å². The summed E-state index contributed by atoms with van der Waals surface area (Å²) < 4.78 is 21.6. The van der Waals surface area contributed by atoms with E-state index in [9.17, 15) is 4.79 Å². The van der Waals surface area contributed by atoms with Crippen molar-refractivity contribution in [1.82, 2.24) is 5.32 Å². The lowest BCUT2D eigenvalue weighted by atomic mass is 9.98. The van der Waals surface area contributed by atoms with E-state index in [2.05, 4.69) is 45.5 Å². The molecule has 0 heterocycles. The predicted molar refractivity (Wildman–Crippen MR) is 119 cm³/mol. The first-order chi connectivity index (χ1) is 14.8. The molecule has 162 valence electrons. The van der Waals surface area contributed by atoms with E-state index in [-0.39, 0.29) is 5.92 Å². The summed E-state index contributed by atoms with van der Waals surface area (Å²) in [6.07, 6.45) is -0.430. The van der Waals surface area contributed by atoms with Crippen molar-refractivity contribution in [3.63, 3.8) is 0 Å². The zero-order chi connectivity index (χ0) is 21.0. The Morgan fingerprint density at radius 2 is 1.33 bits per heavy atom. The molecule has 3 rings (SSSR count). The summed E-state index contributed by atoms with van der Waals surface area (Å²) in [5.74, 6) is 0.0649. The molecule has 0 aromatic heterocycles. The number of carbonyl (C=O) groups is 1. The van der Waals surface area contributed by atoms with Crippen LogP contribution in [0.1, 0.15) is 17.0 Å². The van der Waals surface area contributed by atoms with Crippen molar-refractivity contribution in [3.8, 4) is 11.1 Å². The van der Waals surface area contributed by atoms with Crippen LogP contribution >= 0.6 is 15.9 Å². The first kappa shape index (κ1) is 22.7. The molecule has 6 nitrogen and oxygen atoms in total. The molecule has 0 unspecified atom stereocenters. The number of carbonyl (C=O) groups excluding carboxylic acids is 1. The van der Waals surface area contributed by atoms with Gasteiger partial charge in [-0.15, -0.1) is 0 Å². The fourth-order valence-corrected chi connectivity index (χ4v) is 3.70. The highest BCUT2D eigenvalue weighted by Gasteiger charge is 2.28. The number of halogens is 1. The van der Waals surface area contributed by atoms with E-state index < -0.39 is 6.09 Å². The number of alkyl carbamates (subject to hydrolysis) is 1. The van der Waals surface area contributed by atoms with Crippen LogP contribution in [0.5, 0.6) is 0 Å². The molecule has 1 amide bonds. The lowest BCUT2D eigenvalue weighted by Gasteiger charge is -2.14. The van der Waals surface area contributed by atoms with Crippen LogP contribution in [0.25, 0.3) is 11.1 Å². The number of hydrogen-bond acceptors (Lipinski definition) is 5. The summed E-state index contributed by atoms with van der Waals surface area (Å²) in [5, 5.41) is 3.55. The average molecular weight is 478 g/mol. The molecule has 1 N–H and O–H groups in total. The quantitative estimate of drug-likeness (QED) is 0.349. The molecule has 0 bridgehead atoms. The number of nitrogens with one attached hydrogen (secondary N) is 1. The lowest BCUT2D eigenvalue weighted by Crippen LogP contribution is -2.29. The highest BCUT2D eigenvalue weighted by Crippen LogP contribution is 2.44. The van der Waals surface area contributed by atoms with Gasteiger partial charge in [0.1, 0.15) is 6.61 Å². The second-order valence-corrected chi connectivity index (χ2v) is 7.57. The standard InChI is InChI=1S/C23H28BrNO5/c24-9-11-27-13-15-29-16-14-28-12-10-25-23(26)30-17-22-20-7-3-1-5-18(20)19-6-2-4-8-21(19)22/h1-8,22H,9-17H2,(H,25,26). The third-order valence-corrected chi connectivity index (χ3v) is 5.15. The van der Waals surface area contributed by atoms with Crippen LogP contribution in [-0.4, -0.2) is 64.2 Å². The van der Waals surface area contributed by atoms with E-state index in [1.165, 1.54) is 22.3 Å². The summed E-state index contributed by atoms with van der Waals surface area (Å²) >= 11 is 3.29. The summed E-state index contributed by atoms with van der Waals surface area (Å²) in [7, 11) is 0. The molecular formula is C23H28BrNO5. The Morgan fingerprint density at radius 3 is 1.93 bits per heavy atom. The number of benzene rings is 2. The van der Waals surface area contributed by atoms with Crippen LogP contribution < -0.4 is 5.32 Å². The maximum Gasteiger partial charge on any atom is 0.407 e. The third-order valence-electron chi connectivity index (χ3n) is 4.82. The van der Waals surface area contributed by atoms with Gasteiger partial charge in [0.25, 0.3) is 0 Å². The number of ether oxygens (including phenoxy) is 4. The Labute approximate surface area is 186 Å². The average Bonchev–Trinajstić information content (AvgIpc) is 3.10. The molecule has 0 saturated heterocycles. The van der Waals surface area contributed by atoms with Gasteiger partial charge in [-0.25, -0.2) is 4.79 Å². The Morgan fingerprint density at radius 1 is 0.800 bits per heavy atom. The minimum Gasteiger partial charge on any atom is -0.449 e. The van der Waals surface area contributed by atoms with Gasteiger partial charge in [-0.3, -0.25) is 0 Å². The molecule has 0 spiro atoms. The number of alkyl halides is 1. The molecule has 30 heavy (non-hydrogen) atoms. The number of rotatable bonds is 13. The van der Waals surface area contributed by atoms with Crippen LogP contribution in [0.2, 0.25) is 0 Å². The molecule has 1 aliphatic rings. The number of hydrogen-bond donors (Lipinski definition) is 1. The molecule has 2 aromatic rings. The molecule has 7 heteroatoms. The monoisotopic (exact) mass is 477 g/mol. The molecule has 0 atom stereocenters. The SMILES string of the molecule is O=C(NCCOCCOCCOCCBr)OCC1c2ccccc2-c2ccccc21. The Hall–Kier alpha value is -1.93. The van der Waals surface area contributed by atoms with Gasteiger partial charge in [-0.2, -0.15) is 0 Å². The summed E-state index contributed by atoms with van der Waals surface area (Å²) in [4.78, 5) is 12.1. The van der Waals surface area contributed by atoms with Crippen LogP contribution in [0, 0.1) is 0 Å². The van der Waals surface area contributed by atoms with E-state index in [0.717, 1.165) is 5.33 Å². The highest BCUT2D eigenvalue weighted by molar-refractivity contribution is 9.09. The third kappa shape index (κ3) is 6.54. The van der Waals surface area contributed by atoms with Crippen molar-refractivity contribution >= 4 is 22.0 Å². The number of fused-ring (bicyclic) bond motifs is 3. The predicted octanol–water partition coefficient (Wildman–Crippen LogP) is 3.97. The largest absolute Gasteiger partial charge is 0.449 e. The Kier molecular flexibility index (Phi) is 9.63. The maximum atomic E-state index is 12.1. The maximum absolute atomic E-state index is 12.1. The normalized spacial score (nSPS) is 12.4. The molecule has 0 saturated carbocycles. The Balaban J connectivity index is 1.30. The van der Waals surface area contributed by atoms with E-state index >= 15 is 0 Å². The second-order valence-electron chi connectivity index (χ2n) is 6.78. The summed E-state index contributed by atoms with van der Waals surface area (Å²) in [6, 6.07) is 16.6. The summed E-state index contributed by atoms with van der Waals surface area (Å²) in [6.45, 7) is 3.91. The molecule has 0 aliphatic heterocycles. The van der Waals surface area contributed by atoms with Gasteiger partial charge < -0.3 is 24.3 Å². The first-order valence-electron chi connectivity index (χ1n) is 10.2. The van der Waals surface area contributed by atoms with Crippen LogP contribution in [0.4, 0.5) is 4.79 Å². The Bertz CT molecular complexity index is 755. The van der Waals surface area contributed by atoms with Gasteiger partial charge >= 0.3 is 6.09 Å². The minimum atomic E-state index is -0.430. The van der Waals surface area contributed by atoms with Gasteiger partial charge in [0.15, 0.2) is 0 Å². The smallest absolute Gasteiger partial charge is 0.407 e. The molecule has 1 aliphatic carbocycles. The van der Waals surface area contributed by atoms with Crippen molar-refractivity contribution in [3.05, 3.63) is 59.7 Å². The van der Waals surface area contributed by atoms with Crippen LogP contribution in [-0.2, 0) is 18.9 Å². The zero-order valence-electron chi connectivity index (χ0n) is 17.0.